The molecule has 2 aromatic rings. The number of aryl methyl sites for hydroxylation is 3. The third kappa shape index (κ3) is 2.98. The number of aromatic nitrogens is 4. The predicted octanol–water partition coefficient (Wildman–Crippen LogP) is 2.04. The van der Waals surface area contributed by atoms with E-state index in [0.29, 0.717) is 6.54 Å². The van der Waals surface area contributed by atoms with Gasteiger partial charge >= 0.3 is 0 Å². The third-order valence-electron chi connectivity index (χ3n) is 3.19. The molecule has 6 heteroatoms. The quantitative estimate of drug-likeness (QED) is 0.912. The van der Waals surface area contributed by atoms with Crippen molar-refractivity contribution in [3.8, 4) is 0 Å². The van der Waals surface area contributed by atoms with E-state index in [4.69, 9.17) is 11.6 Å². The molecule has 0 aliphatic rings. The molecule has 0 saturated carbocycles. The molecule has 0 bridgehead atoms. The van der Waals surface area contributed by atoms with Gasteiger partial charge in [0.2, 0.25) is 0 Å². The zero-order chi connectivity index (χ0) is 14.0. The maximum Gasteiger partial charge on any atom is 0.0866 e. The molecule has 0 aromatic carbocycles. The Hall–Kier alpha value is -1.33. The second kappa shape index (κ2) is 5.75. The summed E-state index contributed by atoms with van der Waals surface area (Å²) in [6.45, 7) is 8.48. The van der Waals surface area contributed by atoms with Gasteiger partial charge in [-0.2, -0.15) is 10.2 Å². The SMILES string of the molecule is CCNCc1cn(Cc2c(Cl)c(C)nn2C)nc1C. The maximum absolute atomic E-state index is 6.26. The lowest BCUT2D eigenvalue weighted by Crippen LogP contribution is -2.11. The van der Waals surface area contributed by atoms with Crippen LogP contribution >= 0.6 is 11.6 Å². The number of hydrogen-bond donors (Lipinski definition) is 1. The van der Waals surface area contributed by atoms with Crippen LogP contribution in [-0.2, 0) is 20.1 Å². The number of halogens is 1. The summed E-state index contributed by atoms with van der Waals surface area (Å²) in [5.74, 6) is 0. The van der Waals surface area contributed by atoms with Crippen LogP contribution in [0, 0.1) is 13.8 Å². The smallest absolute Gasteiger partial charge is 0.0866 e. The Morgan fingerprint density at radius 1 is 1.26 bits per heavy atom. The summed E-state index contributed by atoms with van der Waals surface area (Å²) in [5.41, 5.74) is 4.11. The van der Waals surface area contributed by atoms with Crippen molar-refractivity contribution < 1.29 is 0 Å². The summed E-state index contributed by atoms with van der Waals surface area (Å²) in [6.07, 6.45) is 2.07. The Balaban J connectivity index is 2.19. The van der Waals surface area contributed by atoms with Gasteiger partial charge in [-0.3, -0.25) is 9.36 Å². The summed E-state index contributed by atoms with van der Waals surface area (Å²) in [7, 11) is 1.91. The number of rotatable bonds is 5. The van der Waals surface area contributed by atoms with Crippen LogP contribution in [0.2, 0.25) is 5.02 Å². The van der Waals surface area contributed by atoms with Gasteiger partial charge in [0.15, 0.2) is 0 Å². The largest absolute Gasteiger partial charge is 0.313 e. The first kappa shape index (κ1) is 14.1. The summed E-state index contributed by atoms with van der Waals surface area (Å²) < 4.78 is 3.74. The molecule has 0 spiro atoms. The van der Waals surface area contributed by atoms with Crippen molar-refractivity contribution in [1.29, 1.82) is 0 Å². The fraction of sp³-hybridized carbons (Fsp3) is 0.538. The van der Waals surface area contributed by atoms with Gasteiger partial charge in [0, 0.05) is 25.4 Å². The minimum Gasteiger partial charge on any atom is -0.313 e. The average molecular weight is 282 g/mol. The predicted molar refractivity (Wildman–Crippen MR) is 76.4 cm³/mol. The van der Waals surface area contributed by atoms with Crippen LogP contribution in [0.3, 0.4) is 0 Å². The zero-order valence-corrected chi connectivity index (χ0v) is 12.6. The molecule has 0 radical (unpaired) electrons. The number of nitrogens with one attached hydrogen (secondary N) is 1. The number of hydrogen-bond acceptors (Lipinski definition) is 3. The molecule has 0 amide bonds. The molecule has 0 aliphatic heterocycles. The second-order valence-corrected chi connectivity index (χ2v) is 5.07. The van der Waals surface area contributed by atoms with Crippen molar-refractivity contribution in [2.45, 2.75) is 33.9 Å². The highest BCUT2D eigenvalue weighted by Gasteiger charge is 2.13. The van der Waals surface area contributed by atoms with E-state index in [1.54, 1.807) is 0 Å². The van der Waals surface area contributed by atoms with E-state index in [2.05, 4.69) is 28.6 Å². The minimum absolute atomic E-state index is 0.642. The highest BCUT2D eigenvalue weighted by molar-refractivity contribution is 6.31. The molecule has 0 saturated heterocycles. The van der Waals surface area contributed by atoms with E-state index < -0.39 is 0 Å². The maximum atomic E-state index is 6.26. The molecule has 19 heavy (non-hydrogen) atoms. The van der Waals surface area contributed by atoms with Gasteiger partial charge in [0.1, 0.15) is 0 Å². The fourth-order valence-corrected chi connectivity index (χ4v) is 2.30. The molecular weight excluding hydrogens is 262 g/mol. The monoisotopic (exact) mass is 281 g/mol. The Morgan fingerprint density at radius 3 is 2.58 bits per heavy atom. The van der Waals surface area contributed by atoms with Crippen LogP contribution in [0.1, 0.15) is 29.6 Å². The summed E-state index contributed by atoms with van der Waals surface area (Å²) >= 11 is 6.26. The van der Waals surface area contributed by atoms with Crippen LogP contribution < -0.4 is 5.32 Å². The molecule has 104 valence electrons. The van der Waals surface area contributed by atoms with Crippen molar-refractivity contribution in [3.05, 3.63) is 33.9 Å². The van der Waals surface area contributed by atoms with Gasteiger partial charge in [-0.1, -0.05) is 18.5 Å². The molecule has 5 nitrogen and oxygen atoms in total. The Labute approximate surface area is 118 Å². The van der Waals surface area contributed by atoms with Gasteiger partial charge in [-0.25, -0.2) is 0 Å². The lowest BCUT2D eigenvalue weighted by atomic mass is 10.2. The van der Waals surface area contributed by atoms with Crippen molar-refractivity contribution in [3.63, 3.8) is 0 Å². The molecule has 0 fully saturated rings. The molecular formula is C13H20ClN5. The standard InChI is InChI=1S/C13H20ClN5/c1-5-15-6-11-7-19(17-9(11)2)8-12-13(14)10(3)16-18(12)4/h7,15H,5-6,8H2,1-4H3. The third-order valence-corrected chi connectivity index (χ3v) is 3.68. The van der Waals surface area contributed by atoms with E-state index >= 15 is 0 Å². The minimum atomic E-state index is 0.642. The van der Waals surface area contributed by atoms with Crippen molar-refractivity contribution in [1.82, 2.24) is 24.9 Å². The first-order valence-corrected chi connectivity index (χ1v) is 6.82. The number of nitrogens with zero attached hydrogens (tertiary/aromatic N) is 4. The molecule has 1 N–H and O–H groups in total. The van der Waals surface area contributed by atoms with Gasteiger partial charge in [-0.05, 0) is 20.4 Å². The Kier molecular flexibility index (Phi) is 4.27. The molecule has 2 aromatic heterocycles. The van der Waals surface area contributed by atoms with Gasteiger partial charge in [0.25, 0.3) is 0 Å². The molecule has 0 unspecified atom stereocenters. The fourth-order valence-electron chi connectivity index (χ4n) is 2.08. The van der Waals surface area contributed by atoms with E-state index in [1.807, 2.05) is 30.3 Å². The van der Waals surface area contributed by atoms with Crippen LogP contribution in [0.5, 0.6) is 0 Å². The molecule has 2 heterocycles. The summed E-state index contributed by atoms with van der Waals surface area (Å²) in [5, 5.41) is 12.9. The Morgan fingerprint density at radius 2 is 2.00 bits per heavy atom. The van der Waals surface area contributed by atoms with Crippen molar-refractivity contribution in [2.75, 3.05) is 6.54 Å². The summed E-state index contributed by atoms with van der Waals surface area (Å²) in [6, 6.07) is 0. The molecule has 0 aliphatic carbocycles. The molecule has 0 atom stereocenters. The first-order chi connectivity index (χ1) is 9.02. The summed E-state index contributed by atoms with van der Waals surface area (Å²) in [4.78, 5) is 0. The lowest BCUT2D eigenvalue weighted by Gasteiger charge is -2.03. The first-order valence-electron chi connectivity index (χ1n) is 6.44. The van der Waals surface area contributed by atoms with E-state index in [1.165, 1.54) is 5.56 Å². The lowest BCUT2D eigenvalue weighted by molar-refractivity contribution is 0.615. The van der Waals surface area contributed by atoms with E-state index in [-0.39, 0.29) is 0 Å². The van der Waals surface area contributed by atoms with Crippen molar-refractivity contribution in [2.24, 2.45) is 7.05 Å². The normalized spacial score (nSPS) is 11.2. The highest BCUT2D eigenvalue weighted by Crippen LogP contribution is 2.20. The topological polar surface area (TPSA) is 47.7 Å². The average Bonchev–Trinajstić information content (AvgIpc) is 2.82. The Bertz CT molecular complexity index is 570. The van der Waals surface area contributed by atoms with Crippen LogP contribution in [0.25, 0.3) is 0 Å². The second-order valence-electron chi connectivity index (χ2n) is 4.69. The van der Waals surface area contributed by atoms with Crippen LogP contribution in [0.4, 0.5) is 0 Å². The van der Waals surface area contributed by atoms with Crippen LogP contribution in [-0.4, -0.2) is 26.1 Å². The van der Waals surface area contributed by atoms with E-state index in [0.717, 1.165) is 35.2 Å². The van der Waals surface area contributed by atoms with Gasteiger partial charge in [0.05, 0.1) is 28.6 Å². The zero-order valence-electron chi connectivity index (χ0n) is 11.9. The van der Waals surface area contributed by atoms with Gasteiger partial charge < -0.3 is 5.32 Å². The molecule has 2 rings (SSSR count). The highest BCUT2D eigenvalue weighted by atomic mass is 35.5. The van der Waals surface area contributed by atoms with Crippen LogP contribution in [0.15, 0.2) is 6.20 Å². The van der Waals surface area contributed by atoms with Gasteiger partial charge in [-0.15, -0.1) is 0 Å². The van der Waals surface area contributed by atoms with E-state index in [9.17, 15) is 0 Å². The van der Waals surface area contributed by atoms with Crippen molar-refractivity contribution >= 4 is 11.6 Å².